The monoisotopic (exact) mass is 364 g/mol. The number of nitrogens with zero attached hydrogens (tertiary/aromatic N) is 5. The van der Waals surface area contributed by atoms with Gasteiger partial charge in [0.2, 0.25) is 0 Å². The van der Waals surface area contributed by atoms with E-state index in [1.165, 1.54) is 0 Å². The van der Waals surface area contributed by atoms with Crippen LogP contribution in [0.5, 0.6) is 0 Å². The first-order valence-electron chi connectivity index (χ1n) is 8.67. The summed E-state index contributed by atoms with van der Waals surface area (Å²) in [4.78, 5) is 31.2. The number of rotatable bonds is 5. The van der Waals surface area contributed by atoms with E-state index in [1.54, 1.807) is 30.2 Å². The number of carbonyl (C=O) groups excluding carboxylic acids is 2. The SMILES string of the molecule is Cn1ccc(C2=C(/C3=C/N(CCCC#N)CN=C/C=C\C3)C(=O)NC2=O)n1. The molecule has 2 amide bonds. The molecule has 3 rings (SSSR count). The third-order valence-corrected chi connectivity index (χ3v) is 4.22. The molecule has 2 aliphatic rings. The Morgan fingerprint density at radius 3 is 2.85 bits per heavy atom. The van der Waals surface area contributed by atoms with Gasteiger partial charge >= 0.3 is 0 Å². The molecule has 0 spiro atoms. The largest absolute Gasteiger partial charge is 0.358 e. The fourth-order valence-electron chi connectivity index (χ4n) is 3.00. The average Bonchev–Trinajstić information content (AvgIpc) is 3.20. The molecule has 0 aliphatic carbocycles. The highest BCUT2D eigenvalue weighted by atomic mass is 16.2. The molecule has 1 aromatic rings. The van der Waals surface area contributed by atoms with Crippen molar-refractivity contribution in [2.45, 2.75) is 19.3 Å². The minimum atomic E-state index is -0.439. The first kappa shape index (κ1) is 18.3. The third kappa shape index (κ3) is 4.20. The highest BCUT2D eigenvalue weighted by molar-refractivity contribution is 6.37. The van der Waals surface area contributed by atoms with Crippen LogP contribution in [0.25, 0.3) is 5.57 Å². The van der Waals surface area contributed by atoms with Crippen LogP contribution in [0, 0.1) is 11.3 Å². The molecular weight excluding hydrogens is 344 g/mol. The number of aromatic nitrogens is 2. The Morgan fingerprint density at radius 1 is 1.30 bits per heavy atom. The van der Waals surface area contributed by atoms with Crippen LogP contribution in [0.15, 0.2) is 46.8 Å². The van der Waals surface area contributed by atoms with Gasteiger partial charge in [-0.25, -0.2) is 0 Å². The van der Waals surface area contributed by atoms with Gasteiger partial charge < -0.3 is 4.90 Å². The molecule has 0 atom stereocenters. The summed E-state index contributed by atoms with van der Waals surface area (Å²) in [6.45, 7) is 1.05. The molecular formula is C19H20N6O2. The maximum absolute atomic E-state index is 12.5. The van der Waals surface area contributed by atoms with Crippen LogP contribution in [0.2, 0.25) is 0 Å². The molecule has 138 valence electrons. The van der Waals surface area contributed by atoms with E-state index in [1.807, 2.05) is 23.3 Å². The average molecular weight is 364 g/mol. The van der Waals surface area contributed by atoms with Crippen molar-refractivity contribution in [3.8, 4) is 6.07 Å². The van der Waals surface area contributed by atoms with Crippen LogP contribution >= 0.6 is 0 Å². The van der Waals surface area contributed by atoms with E-state index in [2.05, 4.69) is 21.5 Å². The smallest absolute Gasteiger partial charge is 0.261 e. The molecule has 0 radical (unpaired) electrons. The number of aliphatic imine (C=N–C) groups is 1. The summed E-state index contributed by atoms with van der Waals surface area (Å²) in [6.07, 6.45) is 10.6. The van der Waals surface area contributed by atoms with E-state index < -0.39 is 11.8 Å². The number of carbonyl (C=O) groups is 2. The van der Waals surface area contributed by atoms with Crippen LogP contribution in [-0.4, -0.2) is 45.9 Å². The number of unbranched alkanes of at least 4 members (excludes halogenated alkanes) is 1. The molecule has 8 nitrogen and oxygen atoms in total. The molecule has 0 fully saturated rings. The van der Waals surface area contributed by atoms with E-state index in [9.17, 15) is 9.59 Å². The minimum absolute atomic E-state index is 0.289. The summed E-state index contributed by atoms with van der Waals surface area (Å²) in [5.41, 5.74) is 1.82. The Kier molecular flexibility index (Phi) is 5.61. The van der Waals surface area contributed by atoms with Gasteiger partial charge in [0.1, 0.15) is 6.67 Å². The number of imide groups is 1. The van der Waals surface area contributed by atoms with E-state index in [4.69, 9.17) is 5.26 Å². The van der Waals surface area contributed by atoms with Crippen molar-refractivity contribution in [2.75, 3.05) is 13.2 Å². The molecule has 0 unspecified atom stereocenters. The van der Waals surface area contributed by atoms with Gasteiger partial charge in [0.15, 0.2) is 0 Å². The van der Waals surface area contributed by atoms with E-state index in [0.29, 0.717) is 43.7 Å². The van der Waals surface area contributed by atoms with Gasteiger partial charge in [-0.15, -0.1) is 0 Å². The third-order valence-electron chi connectivity index (χ3n) is 4.22. The summed E-state index contributed by atoms with van der Waals surface area (Å²) in [6, 6.07) is 3.85. The highest BCUT2D eigenvalue weighted by Crippen LogP contribution is 2.30. The standard InChI is InChI=1S/C19H20N6O2/c1-24-11-7-15(23-24)17-16(18(26)22-19(17)27)14-6-2-4-9-21-13-25(12-14)10-5-3-8-20/h2,4,7,9,11-12H,3,5-6,10,13H2,1H3,(H,22,26,27)/b4-2-,14-12+,21-9?. The lowest BCUT2D eigenvalue weighted by Crippen LogP contribution is -2.24. The Bertz CT molecular complexity index is 913. The van der Waals surface area contributed by atoms with Gasteiger partial charge in [-0.1, -0.05) is 6.08 Å². The van der Waals surface area contributed by atoms with E-state index >= 15 is 0 Å². The number of hydrogen-bond acceptors (Lipinski definition) is 6. The van der Waals surface area contributed by atoms with Crippen molar-refractivity contribution in [3.05, 3.63) is 47.5 Å². The quantitative estimate of drug-likeness (QED) is 0.627. The number of aryl methyl sites for hydroxylation is 1. The Morgan fingerprint density at radius 2 is 2.11 bits per heavy atom. The first-order chi connectivity index (χ1) is 13.1. The lowest BCUT2D eigenvalue weighted by atomic mass is 9.97. The van der Waals surface area contributed by atoms with Gasteiger partial charge in [-0.05, 0) is 30.6 Å². The molecule has 1 N–H and O–H groups in total. The van der Waals surface area contributed by atoms with Gasteiger partial charge in [0.05, 0.1) is 22.9 Å². The first-order valence-corrected chi connectivity index (χ1v) is 8.67. The fraction of sp³-hybridized carbons (Fsp3) is 0.316. The Labute approximate surface area is 157 Å². The molecule has 0 aromatic carbocycles. The number of hydrogen-bond donors (Lipinski definition) is 1. The van der Waals surface area contributed by atoms with Crippen LogP contribution in [0.4, 0.5) is 0 Å². The molecule has 0 saturated carbocycles. The van der Waals surface area contributed by atoms with Gasteiger partial charge in [-0.3, -0.25) is 24.6 Å². The normalized spacial score (nSPS) is 20.4. The highest BCUT2D eigenvalue weighted by Gasteiger charge is 2.34. The van der Waals surface area contributed by atoms with Crippen LogP contribution in [0.3, 0.4) is 0 Å². The molecule has 0 bridgehead atoms. The summed E-state index contributed by atoms with van der Waals surface area (Å²) in [5, 5.41) is 15.4. The second-order valence-corrected chi connectivity index (χ2v) is 6.24. The summed E-state index contributed by atoms with van der Waals surface area (Å²) in [7, 11) is 1.76. The molecule has 0 saturated heterocycles. The molecule has 27 heavy (non-hydrogen) atoms. The van der Waals surface area contributed by atoms with Gasteiger partial charge in [-0.2, -0.15) is 10.4 Å². The zero-order valence-electron chi connectivity index (χ0n) is 15.1. The summed E-state index contributed by atoms with van der Waals surface area (Å²) >= 11 is 0. The predicted molar refractivity (Wildman–Crippen MR) is 100 cm³/mol. The Balaban J connectivity index is 2.03. The van der Waals surface area contributed by atoms with Crippen molar-refractivity contribution in [1.29, 1.82) is 5.26 Å². The van der Waals surface area contributed by atoms with Crippen LogP contribution in [0.1, 0.15) is 25.0 Å². The van der Waals surface area contributed by atoms with Crippen molar-refractivity contribution in [2.24, 2.45) is 12.0 Å². The predicted octanol–water partition coefficient (Wildman–Crippen LogP) is 1.31. The second-order valence-electron chi connectivity index (χ2n) is 6.24. The molecule has 2 aliphatic heterocycles. The number of nitrogens with one attached hydrogen (secondary N) is 1. The van der Waals surface area contributed by atoms with Crippen molar-refractivity contribution in [3.63, 3.8) is 0 Å². The molecule has 8 heteroatoms. The van der Waals surface area contributed by atoms with E-state index in [0.717, 1.165) is 5.57 Å². The summed E-state index contributed by atoms with van der Waals surface area (Å²) in [5.74, 6) is -0.858. The Hall–Kier alpha value is -3.47. The zero-order chi connectivity index (χ0) is 19.2. The maximum atomic E-state index is 12.5. The minimum Gasteiger partial charge on any atom is -0.358 e. The van der Waals surface area contributed by atoms with Crippen LogP contribution < -0.4 is 5.32 Å². The topological polar surface area (TPSA) is 103 Å². The van der Waals surface area contributed by atoms with Crippen molar-refractivity contribution >= 4 is 23.6 Å². The zero-order valence-corrected chi connectivity index (χ0v) is 15.1. The number of nitriles is 1. The van der Waals surface area contributed by atoms with Crippen molar-refractivity contribution < 1.29 is 9.59 Å². The maximum Gasteiger partial charge on any atom is 0.261 e. The van der Waals surface area contributed by atoms with Crippen molar-refractivity contribution in [1.82, 2.24) is 20.0 Å². The van der Waals surface area contributed by atoms with E-state index in [-0.39, 0.29) is 5.57 Å². The molecule has 1 aromatic heterocycles. The lowest BCUT2D eigenvalue weighted by Gasteiger charge is -2.19. The lowest BCUT2D eigenvalue weighted by molar-refractivity contribution is -0.123. The molecule has 3 heterocycles. The fourth-order valence-corrected chi connectivity index (χ4v) is 3.00. The number of allylic oxidation sites excluding steroid dienone is 2. The second kappa shape index (κ2) is 8.27. The summed E-state index contributed by atoms with van der Waals surface area (Å²) < 4.78 is 1.59. The van der Waals surface area contributed by atoms with Crippen LogP contribution in [-0.2, 0) is 16.6 Å². The van der Waals surface area contributed by atoms with Gasteiger partial charge in [0.25, 0.3) is 11.8 Å². The van der Waals surface area contributed by atoms with Gasteiger partial charge in [0, 0.05) is 38.6 Å². The number of amides is 2.